The summed E-state index contributed by atoms with van der Waals surface area (Å²) < 4.78 is 11.1. The summed E-state index contributed by atoms with van der Waals surface area (Å²) in [5, 5.41) is 21.2. The standard InChI is InChI=1S/C20H17ClN2O5/c21-17-5-3-12(9-16(17)20(25)26)18-6-4-14(28-18)8-13(10-22)19(24)23-11-15-2-1-7-27-15/h3-6,8-9,15H,1-2,7,11H2,(H,23,24)(H,25,26)/b13-8+/t15-/m0/s1. The van der Waals surface area contributed by atoms with Crippen LogP contribution in [0, 0.1) is 11.3 Å². The average Bonchev–Trinajstić information content (AvgIpc) is 3.36. The summed E-state index contributed by atoms with van der Waals surface area (Å²) in [5.41, 5.74) is 0.378. The van der Waals surface area contributed by atoms with E-state index in [4.69, 9.17) is 25.9 Å². The minimum atomic E-state index is -1.15. The van der Waals surface area contributed by atoms with Gasteiger partial charge in [-0.15, -0.1) is 0 Å². The molecule has 144 valence electrons. The van der Waals surface area contributed by atoms with E-state index < -0.39 is 11.9 Å². The number of nitrogens with one attached hydrogen (secondary N) is 1. The Balaban J connectivity index is 1.74. The normalized spacial score (nSPS) is 16.6. The quantitative estimate of drug-likeness (QED) is 0.566. The summed E-state index contributed by atoms with van der Waals surface area (Å²) in [5.74, 6) is -0.961. The lowest BCUT2D eigenvalue weighted by atomic mass is 10.1. The molecule has 8 heteroatoms. The molecule has 2 heterocycles. The van der Waals surface area contributed by atoms with Gasteiger partial charge in [-0.1, -0.05) is 11.6 Å². The zero-order chi connectivity index (χ0) is 20.1. The third-order valence-corrected chi connectivity index (χ3v) is 4.60. The van der Waals surface area contributed by atoms with E-state index in [0.717, 1.165) is 12.8 Å². The first-order valence-corrected chi connectivity index (χ1v) is 9.00. The molecule has 1 saturated heterocycles. The molecule has 2 N–H and O–H groups in total. The predicted molar refractivity (Wildman–Crippen MR) is 102 cm³/mol. The number of carboxylic acids is 1. The van der Waals surface area contributed by atoms with Crippen molar-refractivity contribution in [2.75, 3.05) is 13.2 Å². The second-order valence-corrected chi connectivity index (χ2v) is 6.62. The number of amides is 1. The Morgan fingerprint density at radius 1 is 1.36 bits per heavy atom. The molecule has 1 aliphatic rings. The maximum absolute atomic E-state index is 12.2. The third kappa shape index (κ3) is 4.60. The lowest BCUT2D eigenvalue weighted by molar-refractivity contribution is -0.117. The van der Waals surface area contributed by atoms with Gasteiger partial charge in [0.2, 0.25) is 0 Å². The fourth-order valence-corrected chi connectivity index (χ4v) is 3.02. The highest BCUT2D eigenvalue weighted by Gasteiger charge is 2.18. The van der Waals surface area contributed by atoms with Gasteiger partial charge in [0.05, 0.1) is 16.7 Å². The highest BCUT2D eigenvalue weighted by Crippen LogP contribution is 2.27. The number of furan rings is 1. The lowest BCUT2D eigenvalue weighted by Crippen LogP contribution is -2.32. The van der Waals surface area contributed by atoms with Crippen molar-refractivity contribution in [2.45, 2.75) is 18.9 Å². The number of nitriles is 1. The van der Waals surface area contributed by atoms with E-state index in [9.17, 15) is 14.9 Å². The zero-order valence-corrected chi connectivity index (χ0v) is 15.5. The molecule has 2 aromatic rings. The first-order chi connectivity index (χ1) is 13.5. The van der Waals surface area contributed by atoms with E-state index in [0.29, 0.717) is 30.2 Å². The van der Waals surface area contributed by atoms with Crippen molar-refractivity contribution < 1.29 is 23.8 Å². The highest BCUT2D eigenvalue weighted by atomic mass is 35.5. The van der Waals surface area contributed by atoms with Crippen molar-refractivity contribution in [3.63, 3.8) is 0 Å². The van der Waals surface area contributed by atoms with Gasteiger partial charge >= 0.3 is 5.97 Å². The number of hydrogen-bond donors (Lipinski definition) is 2. The van der Waals surface area contributed by atoms with Gasteiger partial charge in [0.1, 0.15) is 23.2 Å². The van der Waals surface area contributed by atoms with Crippen molar-refractivity contribution in [3.05, 3.63) is 52.3 Å². The molecule has 1 amide bonds. The molecule has 0 spiro atoms. The van der Waals surface area contributed by atoms with Crippen molar-refractivity contribution in [3.8, 4) is 17.4 Å². The Kier molecular flexibility index (Phi) is 6.14. The van der Waals surface area contributed by atoms with Gasteiger partial charge in [-0.3, -0.25) is 4.79 Å². The van der Waals surface area contributed by atoms with Crippen LogP contribution in [0.25, 0.3) is 17.4 Å². The fourth-order valence-electron chi connectivity index (χ4n) is 2.83. The summed E-state index contributed by atoms with van der Waals surface area (Å²) >= 11 is 5.87. The molecule has 1 atom stereocenters. The molecule has 1 aromatic carbocycles. The van der Waals surface area contributed by atoms with E-state index in [1.165, 1.54) is 18.2 Å². The Labute approximate surface area is 166 Å². The number of rotatable bonds is 6. The van der Waals surface area contributed by atoms with Crippen molar-refractivity contribution in [2.24, 2.45) is 0 Å². The van der Waals surface area contributed by atoms with Crippen LogP contribution < -0.4 is 5.32 Å². The molecule has 0 bridgehead atoms. The van der Waals surface area contributed by atoms with Crippen molar-refractivity contribution >= 4 is 29.6 Å². The van der Waals surface area contributed by atoms with Crippen LogP contribution in [-0.4, -0.2) is 36.2 Å². The maximum atomic E-state index is 12.2. The zero-order valence-electron chi connectivity index (χ0n) is 14.8. The SMILES string of the molecule is N#C/C(=C\c1ccc(-c2ccc(Cl)c(C(=O)O)c2)o1)C(=O)NC[C@@H]1CCCO1. The number of aromatic carboxylic acids is 1. The van der Waals surface area contributed by atoms with Crippen molar-refractivity contribution in [1.82, 2.24) is 5.32 Å². The Hall–Kier alpha value is -3.08. The largest absolute Gasteiger partial charge is 0.478 e. The van der Waals surface area contributed by atoms with E-state index in [2.05, 4.69) is 5.32 Å². The number of carbonyl (C=O) groups is 2. The van der Waals surface area contributed by atoms with Gasteiger partial charge in [-0.05, 0) is 43.2 Å². The van der Waals surface area contributed by atoms with Crippen LogP contribution in [0.1, 0.15) is 29.0 Å². The molecule has 0 aliphatic carbocycles. The monoisotopic (exact) mass is 400 g/mol. The van der Waals surface area contributed by atoms with Gasteiger partial charge in [-0.25, -0.2) is 4.79 Å². The van der Waals surface area contributed by atoms with E-state index in [1.807, 2.05) is 6.07 Å². The Morgan fingerprint density at radius 2 is 2.18 bits per heavy atom. The van der Waals surface area contributed by atoms with Gasteiger partial charge in [0.25, 0.3) is 5.91 Å². The minimum absolute atomic E-state index is 0.0209. The number of nitrogens with zero attached hydrogens (tertiary/aromatic N) is 1. The molecule has 3 rings (SSSR count). The van der Waals surface area contributed by atoms with Crippen LogP contribution in [0.15, 0.2) is 40.3 Å². The third-order valence-electron chi connectivity index (χ3n) is 4.27. The van der Waals surface area contributed by atoms with Crippen LogP contribution in [-0.2, 0) is 9.53 Å². The number of hydrogen-bond acceptors (Lipinski definition) is 5. The summed E-state index contributed by atoms with van der Waals surface area (Å²) in [6.07, 6.45) is 3.16. The first kappa shape index (κ1) is 19.7. The molecule has 0 unspecified atom stereocenters. The smallest absolute Gasteiger partial charge is 0.337 e. The Morgan fingerprint density at radius 3 is 2.86 bits per heavy atom. The summed E-state index contributed by atoms with van der Waals surface area (Å²) in [6.45, 7) is 1.04. The number of ether oxygens (including phenoxy) is 1. The predicted octanol–water partition coefficient (Wildman–Crippen LogP) is 3.50. The molecule has 1 aromatic heterocycles. The van der Waals surface area contributed by atoms with Crippen LogP contribution >= 0.6 is 11.6 Å². The first-order valence-electron chi connectivity index (χ1n) is 8.62. The van der Waals surface area contributed by atoms with E-state index in [1.54, 1.807) is 18.2 Å². The number of benzene rings is 1. The van der Waals surface area contributed by atoms with E-state index in [-0.39, 0.29) is 22.3 Å². The van der Waals surface area contributed by atoms with E-state index >= 15 is 0 Å². The fraction of sp³-hybridized carbons (Fsp3) is 0.250. The Bertz CT molecular complexity index is 967. The second kappa shape index (κ2) is 8.74. The number of halogens is 1. The lowest BCUT2D eigenvalue weighted by Gasteiger charge is -2.09. The number of carbonyl (C=O) groups excluding carboxylic acids is 1. The maximum Gasteiger partial charge on any atom is 0.337 e. The minimum Gasteiger partial charge on any atom is -0.478 e. The van der Waals surface area contributed by atoms with Gasteiger partial charge < -0.3 is 19.6 Å². The molecule has 28 heavy (non-hydrogen) atoms. The van der Waals surface area contributed by atoms with Gasteiger partial charge in [-0.2, -0.15) is 5.26 Å². The highest BCUT2D eigenvalue weighted by molar-refractivity contribution is 6.33. The molecule has 1 aliphatic heterocycles. The van der Waals surface area contributed by atoms with Crippen LogP contribution in [0.3, 0.4) is 0 Å². The van der Waals surface area contributed by atoms with Crippen LogP contribution in [0.5, 0.6) is 0 Å². The summed E-state index contributed by atoms with van der Waals surface area (Å²) in [7, 11) is 0. The topological polar surface area (TPSA) is 113 Å². The second-order valence-electron chi connectivity index (χ2n) is 6.22. The van der Waals surface area contributed by atoms with Crippen LogP contribution in [0.4, 0.5) is 0 Å². The molecular formula is C20H17ClN2O5. The molecule has 0 saturated carbocycles. The van der Waals surface area contributed by atoms with Crippen LogP contribution in [0.2, 0.25) is 5.02 Å². The van der Waals surface area contributed by atoms with Gasteiger partial charge in [0, 0.05) is 24.8 Å². The molecular weight excluding hydrogens is 384 g/mol. The summed E-state index contributed by atoms with van der Waals surface area (Å²) in [6, 6.07) is 9.57. The van der Waals surface area contributed by atoms with Crippen molar-refractivity contribution in [1.29, 1.82) is 5.26 Å². The molecule has 7 nitrogen and oxygen atoms in total. The average molecular weight is 401 g/mol. The van der Waals surface area contributed by atoms with Gasteiger partial charge in [0.15, 0.2) is 0 Å². The molecule has 1 fully saturated rings. The number of carboxylic acid groups (broad SMARTS) is 1. The molecule has 0 radical (unpaired) electrons. The summed E-state index contributed by atoms with van der Waals surface area (Å²) in [4.78, 5) is 23.4.